The van der Waals surface area contributed by atoms with Crippen LogP contribution in [0.25, 0.3) is 10.8 Å². The molecule has 0 saturated heterocycles. The number of thioether (sulfide) groups is 2. The highest BCUT2D eigenvalue weighted by Gasteiger charge is 2.33. The maximum Gasteiger partial charge on any atom is 0.0797 e. The lowest BCUT2D eigenvalue weighted by Crippen LogP contribution is -2.31. The van der Waals surface area contributed by atoms with Crippen molar-refractivity contribution in [2.45, 2.75) is 84.7 Å². The van der Waals surface area contributed by atoms with Gasteiger partial charge in [-0.1, -0.05) is 38.5 Å². The van der Waals surface area contributed by atoms with Crippen LogP contribution in [0.5, 0.6) is 0 Å². The third-order valence-corrected chi connectivity index (χ3v) is 10.0. The summed E-state index contributed by atoms with van der Waals surface area (Å²) in [4.78, 5) is 2.98. The van der Waals surface area contributed by atoms with Crippen LogP contribution < -0.4 is 10.6 Å². The van der Waals surface area contributed by atoms with Crippen molar-refractivity contribution in [3.8, 4) is 0 Å². The second-order valence-electron chi connectivity index (χ2n) is 9.13. The maximum atomic E-state index is 3.93. The number of benzene rings is 2. The molecule has 2 aromatic carbocycles. The normalized spacial score (nSPS) is 28.0. The third kappa shape index (κ3) is 3.02. The Morgan fingerprint density at radius 2 is 1.00 bits per heavy atom. The van der Waals surface area contributed by atoms with Crippen LogP contribution in [0.2, 0.25) is 0 Å². The molecule has 2 atom stereocenters. The molecule has 2 aliphatic carbocycles. The quantitative estimate of drug-likeness (QED) is 0.530. The van der Waals surface area contributed by atoms with E-state index in [1.54, 1.807) is 0 Å². The third-order valence-electron chi connectivity index (χ3n) is 7.34. The molecule has 6 rings (SSSR count). The fourth-order valence-electron chi connectivity index (χ4n) is 5.81. The minimum atomic E-state index is 0.547. The Morgan fingerprint density at radius 3 is 1.43 bits per heavy atom. The molecule has 0 aromatic heterocycles. The Hall–Kier alpha value is -1.000. The Labute approximate surface area is 177 Å². The highest BCUT2D eigenvalue weighted by molar-refractivity contribution is 8.00. The van der Waals surface area contributed by atoms with E-state index in [1.165, 1.54) is 96.1 Å². The summed E-state index contributed by atoms with van der Waals surface area (Å²) in [5, 5.41) is 11.9. The average molecular weight is 411 g/mol. The topological polar surface area (TPSA) is 24.1 Å². The van der Waals surface area contributed by atoms with Crippen molar-refractivity contribution < 1.29 is 0 Å². The number of nitrogens with one attached hydrogen (secondary N) is 2. The molecule has 148 valence electrons. The molecule has 2 fully saturated rings. The molecule has 2 N–H and O–H groups in total. The zero-order valence-electron chi connectivity index (χ0n) is 16.5. The van der Waals surface area contributed by atoms with E-state index in [2.05, 4.69) is 58.4 Å². The molecule has 4 heteroatoms. The van der Waals surface area contributed by atoms with Crippen molar-refractivity contribution in [2.75, 3.05) is 10.6 Å². The summed E-state index contributed by atoms with van der Waals surface area (Å²) in [6.07, 6.45) is 14.0. The highest BCUT2D eigenvalue weighted by atomic mass is 32.2. The lowest BCUT2D eigenvalue weighted by molar-refractivity contribution is 0.359. The predicted molar refractivity (Wildman–Crippen MR) is 124 cm³/mol. The second kappa shape index (κ2) is 7.36. The Kier molecular flexibility index (Phi) is 4.68. The average Bonchev–Trinajstić information content (AvgIpc) is 2.78. The molecule has 2 heterocycles. The van der Waals surface area contributed by atoms with E-state index in [4.69, 9.17) is 0 Å². The van der Waals surface area contributed by atoms with Crippen molar-refractivity contribution in [1.29, 1.82) is 0 Å². The molecule has 2 saturated carbocycles. The Bertz CT molecular complexity index is 761. The maximum absolute atomic E-state index is 3.93. The summed E-state index contributed by atoms with van der Waals surface area (Å²) in [6.45, 7) is 0. The molecule has 28 heavy (non-hydrogen) atoms. The van der Waals surface area contributed by atoms with Gasteiger partial charge >= 0.3 is 0 Å². The largest absolute Gasteiger partial charge is 0.372 e. The zero-order chi connectivity index (χ0) is 18.5. The van der Waals surface area contributed by atoms with Gasteiger partial charge in [-0.3, -0.25) is 0 Å². The standard InChI is InChI=1S/C24H30N2S2/c1-3-7-15(8-4-1)23-25-17-11-14-20-22-18(12-13-19(27-23)21(17)22)26-24(28-20)16-9-5-2-6-10-16/h11-16,23-26H,1-10H2. The zero-order valence-corrected chi connectivity index (χ0v) is 18.1. The van der Waals surface area contributed by atoms with Gasteiger partial charge in [-0.15, -0.1) is 23.5 Å². The van der Waals surface area contributed by atoms with Gasteiger partial charge in [0, 0.05) is 31.9 Å². The molecule has 2 aromatic rings. The fourth-order valence-corrected chi connectivity index (χ4v) is 8.61. The first kappa shape index (κ1) is 17.8. The van der Waals surface area contributed by atoms with Crippen LogP contribution in [-0.4, -0.2) is 10.7 Å². The number of hydrogen-bond acceptors (Lipinski definition) is 4. The van der Waals surface area contributed by atoms with Gasteiger partial charge in [0.15, 0.2) is 0 Å². The van der Waals surface area contributed by atoms with Crippen molar-refractivity contribution in [1.82, 2.24) is 0 Å². The van der Waals surface area contributed by atoms with Crippen molar-refractivity contribution in [3.63, 3.8) is 0 Å². The van der Waals surface area contributed by atoms with Crippen molar-refractivity contribution in [3.05, 3.63) is 24.3 Å². The van der Waals surface area contributed by atoms with Gasteiger partial charge in [-0.2, -0.15) is 0 Å². The first-order valence-corrected chi connectivity index (χ1v) is 13.1. The van der Waals surface area contributed by atoms with Gasteiger partial charge < -0.3 is 10.6 Å². The van der Waals surface area contributed by atoms with Gasteiger partial charge in [0.2, 0.25) is 0 Å². The smallest absolute Gasteiger partial charge is 0.0797 e. The van der Waals surface area contributed by atoms with Crippen LogP contribution in [0.1, 0.15) is 64.2 Å². The Morgan fingerprint density at radius 1 is 0.571 bits per heavy atom. The monoisotopic (exact) mass is 410 g/mol. The van der Waals surface area contributed by atoms with Gasteiger partial charge in [-0.25, -0.2) is 0 Å². The van der Waals surface area contributed by atoms with Crippen LogP contribution >= 0.6 is 23.5 Å². The molecule has 0 amide bonds. The number of anilines is 2. The molecule has 0 radical (unpaired) electrons. The van der Waals surface area contributed by atoms with Crippen LogP contribution in [-0.2, 0) is 0 Å². The summed E-state index contributed by atoms with van der Waals surface area (Å²) in [7, 11) is 0. The molecule has 2 nitrogen and oxygen atoms in total. The summed E-state index contributed by atoms with van der Waals surface area (Å²) < 4.78 is 0. The highest BCUT2D eigenvalue weighted by Crippen LogP contribution is 2.52. The van der Waals surface area contributed by atoms with Gasteiger partial charge in [-0.05, 0) is 61.8 Å². The van der Waals surface area contributed by atoms with E-state index in [-0.39, 0.29) is 0 Å². The van der Waals surface area contributed by atoms with Crippen LogP contribution in [0.4, 0.5) is 11.4 Å². The van der Waals surface area contributed by atoms with Crippen molar-refractivity contribution >= 4 is 45.7 Å². The first-order chi connectivity index (χ1) is 13.9. The Balaban J connectivity index is 1.33. The molecule has 0 bridgehead atoms. The van der Waals surface area contributed by atoms with E-state index in [1.807, 2.05) is 0 Å². The lowest BCUT2D eigenvalue weighted by Gasteiger charge is -2.38. The first-order valence-electron chi connectivity index (χ1n) is 11.3. The summed E-state index contributed by atoms with van der Waals surface area (Å²) in [5.41, 5.74) is 2.73. The van der Waals surface area contributed by atoms with Crippen molar-refractivity contribution in [2.24, 2.45) is 11.8 Å². The van der Waals surface area contributed by atoms with Crippen LogP contribution in [0.15, 0.2) is 34.1 Å². The molecular formula is C24H30N2S2. The number of rotatable bonds is 2. The van der Waals surface area contributed by atoms with E-state index in [9.17, 15) is 0 Å². The second-order valence-corrected chi connectivity index (χ2v) is 11.5. The van der Waals surface area contributed by atoms with Crippen LogP contribution in [0, 0.1) is 11.8 Å². The van der Waals surface area contributed by atoms with E-state index in [0.29, 0.717) is 10.7 Å². The summed E-state index contributed by atoms with van der Waals surface area (Å²) in [5.74, 6) is 1.63. The van der Waals surface area contributed by atoms with E-state index >= 15 is 0 Å². The number of hydrogen-bond donors (Lipinski definition) is 2. The molecule has 0 spiro atoms. The van der Waals surface area contributed by atoms with E-state index < -0.39 is 0 Å². The van der Waals surface area contributed by atoms with E-state index in [0.717, 1.165) is 11.8 Å². The van der Waals surface area contributed by atoms with Gasteiger partial charge in [0.05, 0.1) is 10.7 Å². The lowest BCUT2D eigenvalue weighted by atomic mass is 9.88. The minimum Gasteiger partial charge on any atom is -0.372 e. The molecular weight excluding hydrogens is 380 g/mol. The minimum absolute atomic E-state index is 0.547. The van der Waals surface area contributed by atoms with Crippen LogP contribution in [0.3, 0.4) is 0 Å². The van der Waals surface area contributed by atoms with Gasteiger partial charge in [0.1, 0.15) is 0 Å². The summed E-state index contributed by atoms with van der Waals surface area (Å²) >= 11 is 4.18. The SMILES string of the molecule is c1cc2c3c(ccc4c3c1NC(C1CCCCC1)S4)NC(C1CCCCC1)S2. The predicted octanol–water partition coefficient (Wildman–Crippen LogP) is 7.69. The van der Waals surface area contributed by atoms with Gasteiger partial charge in [0.25, 0.3) is 0 Å². The molecule has 4 aliphatic rings. The fraction of sp³-hybridized carbons (Fsp3) is 0.583. The summed E-state index contributed by atoms with van der Waals surface area (Å²) in [6, 6.07) is 9.54. The molecule has 2 aliphatic heterocycles. The molecule has 2 unspecified atom stereocenters.